The number of aromatic nitrogens is 1. The number of halogens is 1. The molecule has 8 heteroatoms. The Morgan fingerprint density at radius 3 is 2.64 bits per heavy atom. The number of hydrogen-bond acceptors (Lipinski definition) is 6. The quantitative estimate of drug-likeness (QED) is 0.583. The molecule has 0 spiro atoms. The van der Waals surface area contributed by atoms with Gasteiger partial charge in [-0.1, -0.05) is 0 Å². The van der Waals surface area contributed by atoms with Crippen LogP contribution >= 0.6 is 15.9 Å². The summed E-state index contributed by atoms with van der Waals surface area (Å²) in [4.78, 5) is 15.4. The summed E-state index contributed by atoms with van der Waals surface area (Å²) in [5, 5.41) is 32.1. The van der Waals surface area contributed by atoms with Gasteiger partial charge in [-0.25, -0.2) is 9.78 Å². The summed E-state index contributed by atoms with van der Waals surface area (Å²) in [5.41, 5.74) is -0.632. The van der Waals surface area contributed by atoms with Gasteiger partial charge in [0.05, 0.1) is 6.10 Å². The number of ether oxygens (including phenoxy) is 1. The Morgan fingerprint density at radius 2 is 2.05 bits per heavy atom. The van der Waals surface area contributed by atoms with Gasteiger partial charge >= 0.3 is 6.09 Å². The molecular weight excluding hydrogens is 356 g/mol. The lowest BCUT2D eigenvalue weighted by molar-refractivity contribution is 0.00850. The van der Waals surface area contributed by atoms with Crippen LogP contribution in [0.25, 0.3) is 0 Å². The Morgan fingerprint density at radius 1 is 1.41 bits per heavy atom. The second-order valence-electron chi connectivity index (χ2n) is 5.77. The van der Waals surface area contributed by atoms with Gasteiger partial charge in [0.1, 0.15) is 27.8 Å². The minimum Gasteiger partial charge on any atom is -0.506 e. The van der Waals surface area contributed by atoms with E-state index in [0.717, 1.165) is 0 Å². The van der Waals surface area contributed by atoms with E-state index in [2.05, 4.69) is 26.2 Å². The summed E-state index contributed by atoms with van der Waals surface area (Å²) < 4.78 is 5.48. The number of carbonyl (C=O) groups excluding carboxylic acids is 1. The molecule has 1 heterocycles. The Kier molecular flexibility index (Phi) is 6.58. The first-order valence-corrected chi connectivity index (χ1v) is 7.58. The number of carbonyl (C=O) groups is 1. The summed E-state index contributed by atoms with van der Waals surface area (Å²) in [6.07, 6.45) is -3.08. The van der Waals surface area contributed by atoms with Crippen molar-refractivity contribution < 1.29 is 24.9 Å². The first kappa shape index (κ1) is 18.7. The minimum atomic E-state index is -1.36. The number of amides is 1. The number of rotatable bonds is 5. The van der Waals surface area contributed by atoms with Gasteiger partial charge in [-0.05, 0) is 55.3 Å². The molecule has 1 rings (SSSR count). The molecule has 4 N–H and O–H groups in total. The average molecular weight is 377 g/mol. The highest BCUT2D eigenvalue weighted by molar-refractivity contribution is 9.10. The van der Waals surface area contributed by atoms with E-state index < -0.39 is 23.9 Å². The first-order valence-electron chi connectivity index (χ1n) is 6.78. The molecule has 0 aromatic carbocycles. The first-order chi connectivity index (χ1) is 10.1. The molecule has 0 fully saturated rings. The van der Waals surface area contributed by atoms with Gasteiger partial charge in [0.15, 0.2) is 0 Å². The normalized spacial score (nSPS) is 14.3. The highest BCUT2D eigenvalue weighted by Crippen LogP contribution is 2.27. The smallest absolute Gasteiger partial charge is 0.407 e. The van der Waals surface area contributed by atoms with E-state index in [4.69, 9.17) is 4.74 Å². The van der Waals surface area contributed by atoms with Crippen LogP contribution in [-0.2, 0) is 4.74 Å². The molecule has 0 saturated carbocycles. The van der Waals surface area contributed by atoms with Crippen LogP contribution in [0.2, 0.25) is 0 Å². The van der Waals surface area contributed by atoms with Crippen LogP contribution in [0.1, 0.15) is 39.0 Å². The highest BCUT2D eigenvalue weighted by atomic mass is 79.9. The largest absolute Gasteiger partial charge is 0.506 e. The zero-order valence-electron chi connectivity index (χ0n) is 12.7. The van der Waals surface area contributed by atoms with Crippen LogP contribution < -0.4 is 5.32 Å². The SMILES string of the molecule is CC(C)(C)OC(=O)NCCC(O)C(O)c1nc(Br)ccc1O. The van der Waals surface area contributed by atoms with Crippen molar-refractivity contribution in [3.8, 4) is 5.75 Å². The second kappa shape index (κ2) is 7.75. The van der Waals surface area contributed by atoms with Crippen molar-refractivity contribution in [1.82, 2.24) is 10.3 Å². The number of aliphatic hydroxyl groups excluding tert-OH is 2. The van der Waals surface area contributed by atoms with Crippen molar-refractivity contribution in [2.24, 2.45) is 0 Å². The number of alkyl carbamates (subject to hydrolysis) is 1. The van der Waals surface area contributed by atoms with Gasteiger partial charge in [-0.3, -0.25) is 0 Å². The summed E-state index contributed by atoms with van der Waals surface area (Å²) in [6, 6.07) is 2.88. The maximum atomic E-state index is 11.4. The van der Waals surface area contributed by atoms with Gasteiger partial charge in [-0.2, -0.15) is 0 Å². The number of hydrogen-bond donors (Lipinski definition) is 4. The summed E-state index contributed by atoms with van der Waals surface area (Å²) in [6.45, 7) is 5.34. The molecule has 0 aliphatic heterocycles. The van der Waals surface area contributed by atoms with Crippen molar-refractivity contribution >= 4 is 22.0 Å². The van der Waals surface area contributed by atoms with E-state index in [1.807, 2.05) is 0 Å². The van der Waals surface area contributed by atoms with Gasteiger partial charge < -0.3 is 25.4 Å². The predicted octanol–water partition coefficient (Wildman–Crippen LogP) is 1.86. The van der Waals surface area contributed by atoms with Crippen LogP contribution in [0.4, 0.5) is 4.79 Å². The molecule has 1 amide bonds. The fraction of sp³-hybridized carbons (Fsp3) is 0.571. The Bertz CT molecular complexity index is 518. The third-order valence-corrected chi connectivity index (χ3v) is 3.06. The molecule has 0 saturated heterocycles. The van der Waals surface area contributed by atoms with Crippen molar-refractivity contribution in [2.75, 3.05) is 6.54 Å². The zero-order valence-corrected chi connectivity index (χ0v) is 14.3. The minimum absolute atomic E-state index is 0.0286. The number of nitrogens with zero attached hydrogens (tertiary/aromatic N) is 1. The van der Waals surface area contributed by atoms with E-state index in [-0.39, 0.29) is 24.4 Å². The molecule has 124 valence electrons. The van der Waals surface area contributed by atoms with Crippen LogP contribution in [-0.4, -0.2) is 44.6 Å². The van der Waals surface area contributed by atoms with Crippen molar-refractivity contribution in [1.29, 1.82) is 0 Å². The Balaban J connectivity index is 2.50. The third-order valence-electron chi connectivity index (χ3n) is 2.62. The van der Waals surface area contributed by atoms with Crippen molar-refractivity contribution in [3.05, 3.63) is 22.4 Å². The van der Waals surface area contributed by atoms with Crippen LogP contribution in [0.15, 0.2) is 16.7 Å². The summed E-state index contributed by atoms with van der Waals surface area (Å²) in [5.74, 6) is -0.213. The molecule has 1 aromatic rings. The molecule has 0 aliphatic carbocycles. The number of pyridine rings is 1. The monoisotopic (exact) mass is 376 g/mol. The molecule has 1 aromatic heterocycles. The second-order valence-corrected chi connectivity index (χ2v) is 6.58. The van der Waals surface area contributed by atoms with Crippen LogP contribution in [0.3, 0.4) is 0 Å². The lowest BCUT2D eigenvalue weighted by atomic mass is 10.1. The number of nitrogens with one attached hydrogen (secondary N) is 1. The average Bonchev–Trinajstić information content (AvgIpc) is 2.38. The molecular formula is C14H21BrN2O5. The molecule has 22 heavy (non-hydrogen) atoms. The summed E-state index contributed by atoms with van der Waals surface area (Å²) in [7, 11) is 0. The molecule has 7 nitrogen and oxygen atoms in total. The maximum Gasteiger partial charge on any atom is 0.407 e. The number of aliphatic hydroxyl groups is 2. The number of aromatic hydroxyl groups is 1. The topological polar surface area (TPSA) is 112 Å². The van der Waals surface area contributed by atoms with E-state index in [1.165, 1.54) is 12.1 Å². The lowest BCUT2D eigenvalue weighted by Gasteiger charge is -2.21. The fourth-order valence-electron chi connectivity index (χ4n) is 1.64. The van der Waals surface area contributed by atoms with Crippen LogP contribution in [0, 0.1) is 0 Å². The third kappa shape index (κ3) is 6.17. The van der Waals surface area contributed by atoms with Gasteiger partial charge in [0, 0.05) is 6.54 Å². The van der Waals surface area contributed by atoms with Gasteiger partial charge in [0.25, 0.3) is 0 Å². The predicted molar refractivity (Wildman–Crippen MR) is 83.4 cm³/mol. The summed E-state index contributed by atoms with van der Waals surface area (Å²) >= 11 is 3.12. The fourth-order valence-corrected chi connectivity index (χ4v) is 1.96. The van der Waals surface area contributed by atoms with Gasteiger partial charge in [-0.15, -0.1) is 0 Å². The standard InChI is InChI=1S/C14H21BrN2O5/c1-14(2,3)22-13(21)16-7-6-9(19)12(20)11-8(18)4-5-10(15)17-11/h4-5,9,12,18-20H,6-7H2,1-3H3,(H,16,21). The van der Waals surface area contributed by atoms with E-state index >= 15 is 0 Å². The zero-order chi connectivity index (χ0) is 16.9. The Hall–Kier alpha value is -1.38. The van der Waals surface area contributed by atoms with Crippen molar-refractivity contribution in [2.45, 2.75) is 45.0 Å². The molecule has 2 atom stereocenters. The van der Waals surface area contributed by atoms with Gasteiger partial charge in [0.2, 0.25) is 0 Å². The molecule has 0 radical (unpaired) electrons. The maximum absolute atomic E-state index is 11.4. The van der Waals surface area contributed by atoms with Crippen molar-refractivity contribution in [3.63, 3.8) is 0 Å². The van der Waals surface area contributed by atoms with E-state index in [1.54, 1.807) is 20.8 Å². The molecule has 0 bridgehead atoms. The molecule has 2 unspecified atom stereocenters. The van der Waals surface area contributed by atoms with E-state index in [9.17, 15) is 20.1 Å². The lowest BCUT2D eigenvalue weighted by Crippen LogP contribution is -2.34. The molecule has 0 aliphatic rings. The Labute approximate surface area is 137 Å². The highest BCUT2D eigenvalue weighted by Gasteiger charge is 2.23. The van der Waals surface area contributed by atoms with E-state index in [0.29, 0.717) is 4.60 Å². The van der Waals surface area contributed by atoms with Crippen LogP contribution in [0.5, 0.6) is 5.75 Å².